The summed E-state index contributed by atoms with van der Waals surface area (Å²) in [6, 6.07) is 1.66. The van der Waals surface area contributed by atoms with Crippen LogP contribution in [0.4, 0.5) is 0 Å². The van der Waals surface area contributed by atoms with E-state index in [4.69, 9.17) is 11.6 Å². The number of aromatic nitrogens is 1. The first kappa shape index (κ1) is 15.9. The van der Waals surface area contributed by atoms with Crippen molar-refractivity contribution in [3.63, 3.8) is 0 Å². The average Bonchev–Trinajstić information content (AvgIpc) is 2.40. The Morgan fingerprint density at radius 1 is 1.47 bits per heavy atom. The number of nitrogens with one attached hydrogen (secondary N) is 1. The van der Waals surface area contributed by atoms with E-state index in [2.05, 4.69) is 10.3 Å². The van der Waals surface area contributed by atoms with Crippen LogP contribution in [0.1, 0.15) is 42.7 Å². The molecule has 1 amide bonds. The summed E-state index contributed by atoms with van der Waals surface area (Å²) < 4.78 is 0. The van der Waals surface area contributed by atoms with Gasteiger partial charge in [0.2, 0.25) is 0 Å². The van der Waals surface area contributed by atoms with Gasteiger partial charge in [0.25, 0.3) is 5.91 Å². The van der Waals surface area contributed by atoms with E-state index in [1.54, 1.807) is 6.07 Å². The van der Waals surface area contributed by atoms with E-state index in [9.17, 15) is 9.90 Å². The number of aliphatic hydroxyl groups is 1. The van der Waals surface area contributed by atoms with Crippen LogP contribution >= 0.6 is 11.6 Å². The van der Waals surface area contributed by atoms with Gasteiger partial charge in [-0.15, -0.1) is 0 Å². The maximum atomic E-state index is 12.1. The Hall–Kier alpha value is -1.13. The van der Waals surface area contributed by atoms with Gasteiger partial charge in [0, 0.05) is 23.9 Å². The summed E-state index contributed by atoms with van der Waals surface area (Å²) in [7, 11) is 0. The number of amides is 1. The van der Waals surface area contributed by atoms with Crippen LogP contribution in [0.3, 0.4) is 0 Å². The van der Waals surface area contributed by atoms with Crippen LogP contribution in [0.15, 0.2) is 12.3 Å². The second-order valence-electron chi connectivity index (χ2n) is 4.85. The molecule has 0 aliphatic heterocycles. The lowest BCUT2D eigenvalue weighted by Crippen LogP contribution is -2.39. The van der Waals surface area contributed by atoms with E-state index in [-0.39, 0.29) is 17.9 Å². The second-order valence-corrected chi connectivity index (χ2v) is 5.26. The Kier molecular flexibility index (Phi) is 5.76. The van der Waals surface area contributed by atoms with Crippen molar-refractivity contribution in [2.45, 2.75) is 33.6 Å². The fourth-order valence-electron chi connectivity index (χ4n) is 1.84. The average molecular weight is 285 g/mol. The number of hydrogen-bond acceptors (Lipinski definition) is 3. The van der Waals surface area contributed by atoms with Gasteiger partial charge < -0.3 is 10.4 Å². The maximum Gasteiger partial charge on any atom is 0.254 e. The molecule has 0 aliphatic carbocycles. The molecule has 0 saturated heterocycles. The van der Waals surface area contributed by atoms with Crippen molar-refractivity contribution in [1.82, 2.24) is 10.3 Å². The molecular weight excluding hydrogens is 264 g/mol. The van der Waals surface area contributed by atoms with Crippen LogP contribution in [0.25, 0.3) is 0 Å². The minimum Gasteiger partial charge on any atom is -0.396 e. The minimum absolute atomic E-state index is 0.0557. The zero-order valence-electron chi connectivity index (χ0n) is 11.7. The first-order chi connectivity index (χ1) is 8.98. The lowest BCUT2D eigenvalue weighted by Gasteiger charge is -2.29. The molecule has 0 unspecified atom stereocenters. The SMILES string of the molecule is CCC(CC)(CO)CNC(=O)c1cnc(C)cc1Cl. The summed E-state index contributed by atoms with van der Waals surface area (Å²) in [5.41, 5.74) is 0.875. The molecule has 0 aromatic carbocycles. The molecule has 1 heterocycles. The number of pyridine rings is 1. The fourth-order valence-corrected chi connectivity index (χ4v) is 2.13. The van der Waals surface area contributed by atoms with Gasteiger partial charge in [0.1, 0.15) is 0 Å². The highest BCUT2D eigenvalue weighted by Gasteiger charge is 2.26. The maximum absolute atomic E-state index is 12.1. The van der Waals surface area contributed by atoms with Crippen LogP contribution in [0.2, 0.25) is 5.02 Å². The number of carbonyl (C=O) groups is 1. The first-order valence-corrected chi connectivity index (χ1v) is 6.87. The van der Waals surface area contributed by atoms with Gasteiger partial charge in [-0.2, -0.15) is 0 Å². The largest absolute Gasteiger partial charge is 0.396 e. The smallest absolute Gasteiger partial charge is 0.254 e. The molecule has 0 bridgehead atoms. The predicted molar refractivity (Wildman–Crippen MR) is 76.4 cm³/mol. The topological polar surface area (TPSA) is 62.2 Å². The van der Waals surface area contributed by atoms with E-state index >= 15 is 0 Å². The molecular formula is C14H21ClN2O2. The summed E-state index contributed by atoms with van der Waals surface area (Å²) in [5.74, 6) is -0.253. The highest BCUT2D eigenvalue weighted by atomic mass is 35.5. The minimum atomic E-state index is -0.264. The Bertz CT molecular complexity index is 437. The summed E-state index contributed by atoms with van der Waals surface area (Å²) in [4.78, 5) is 16.1. The van der Waals surface area contributed by atoms with Crippen molar-refractivity contribution in [2.24, 2.45) is 5.41 Å². The molecule has 0 aliphatic rings. The highest BCUT2D eigenvalue weighted by Crippen LogP contribution is 2.24. The van der Waals surface area contributed by atoms with Crippen molar-refractivity contribution in [3.05, 3.63) is 28.5 Å². The van der Waals surface area contributed by atoms with Crippen molar-refractivity contribution in [1.29, 1.82) is 0 Å². The lowest BCUT2D eigenvalue weighted by atomic mass is 9.83. The summed E-state index contributed by atoms with van der Waals surface area (Å²) >= 11 is 6.03. The lowest BCUT2D eigenvalue weighted by molar-refractivity contribution is 0.0851. The third kappa shape index (κ3) is 3.91. The van der Waals surface area contributed by atoms with Crippen molar-refractivity contribution >= 4 is 17.5 Å². The Morgan fingerprint density at radius 3 is 2.58 bits per heavy atom. The molecule has 0 radical (unpaired) electrons. The van der Waals surface area contributed by atoms with Crippen LogP contribution in [-0.2, 0) is 0 Å². The third-order valence-corrected chi connectivity index (χ3v) is 4.01. The number of aryl methyl sites for hydroxylation is 1. The van der Waals surface area contributed by atoms with Crippen molar-refractivity contribution in [2.75, 3.05) is 13.2 Å². The van der Waals surface area contributed by atoms with Gasteiger partial charge in [-0.05, 0) is 25.8 Å². The standard InChI is InChI=1S/C14H21ClN2O2/c1-4-14(5-2,9-18)8-17-13(19)11-7-16-10(3)6-12(11)15/h6-7,18H,4-5,8-9H2,1-3H3,(H,17,19). The number of carbonyl (C=O) groups excluding carboxylic acids is 1. The van der Waals surface area contributed by atoms with E-state index in [0.717, 1.165) is 18.5 Å². The molecule has 1 rings (SSSR count). The molecule has 106 valence electrons. The van der Waals surface area contributed by atoms with Crippen LogP contribution in [0.5, 0.6) is 0 Å². The molecule has 1 aromatic heterocycles. The normalized spacial score (nSPS) is 11.4. The van der Waals surface area contributed by atoms with Crippen molar-refractivity contribution in [3.8, 4) is 0 Å². The summed E-state index contributed by atoms with van der Waals surface area (Å²) in [5, 5.41) is 12.7. The second kappa shape index (κ2) is 6.87. The number of rotatable bonds is 6. The van der Waals surface area contributed by atoms with Crippen LogP contribution in [0, 0.1) is 12.3 Å². The van der Waals surface area contributed by atoms with Gasteiger partial charge in [-0.25, -0.2) is 0 Å². The van der Waals surface area contributed by atoms with Crippen LogP contribution in [-0.4, -0.2) is 29.1 Å². The molecule has 19 heavy (non-hydrogen) atoms. The first-order valence-electron chi connectivity index (χ1n) is 6.49. The van der Waals surface area contributed by atoms with Crippen molar-refractivity contribution < 1.29 is 9.90 Å². The zero-order valence-corrected chi connectivity index (χ0v) is 12.4. The Balaban J connectivity index is 2.75. The summed E-state index contributed by atoms with van der Waals surface area (Å²) in [6.45, 7) is 6.32. The number of halogens is 1. The van der Waals surface area contributed by atoms with E-state index < -0.39 is 0 Å². The number of nitrogens with zero attached hydrogens (tertiary/aromatic N) is 1. The number of hydrogen-bond donors (Lipinski definition) is 2. The van der Waals surface area contributed by atoms with Gasteiger partial charge in [0.15, 0.2) is 0 Å². The fraction of sp³-hybridized carbons (Fsp3) is 0.571. The van der Waals surface area contributed by atoms with Gasteiger partial charge in [-0.1, -0.05) is 25.4 Å². The molecule has 1 aromatic rings. The molecule has 0 saturated carbocycles. The molecule has 4 nitrogen and oxygen atoms in total. The molecule has 2 N–H and O–H groups in total. The van der Waals surface area contributed by atoms with Gasteiger partial charge in [-0.3, -0.25) is 9.78 Å². The summed E-state index contributed by atoms with van der Waals surface area (Å²) in [6.07, 6.45) is 3.09. The molecule has 5 heteroatoms. The van der Waals surface area contributed by atoms with E-state index in [1.165, 1.54) is 6.20 Å². The van der Waals surface area contributed by atoms with E-state index in [1.807, 2.05) is 20.8 Å². The van der Waals surface area contributed by atoms with Gasteiger partial charge >= 0.3 is 0 Å². The highest BCUT2D eigenvalue weighted by molar-refractivity contribution is 6.33. The monoisotopic (exact) mass is 284 g/mol. The van der Waals surface area contributed by atoms with E-state index in [0.29, 0.717) is 17.1 Å². The number of aliphatic hydroxyl groups excluding tert-OH is 1. The van der Waals surface area contributed by atoms with Crippen LogP contribution < -0.4 is 5.32 Å². The third-order valence-electron chi connectivity index (χ3n) is 3.69. The Morgan fingerprint density at radius 2 is 2.11 bits per heavy atom. The zero-order chi connectivity index (χ0) is 14.5. The Labute approximate surface area is 119 Å². The quantitative estimate of drug-likeness (QED) is 0.844. The molecule has 0 atom stereocenters. The van der Waals surface area contributed by atoms with Gasteiger partial charge in [0.05, 0.1) is 17.2 Å². The molecule has 0 fully saturated rings. The predicted octanol–water partition coefficient (Wildman–Crippen LogP) is 2.57. The molecule has 0 spiro atoms.